The lowest BCUT2D eigenvalue weighted by Gasteiger charge is -2.42. The first-order valence-electron chi connectivity index (χ1n) is 12.9. The number of benzene rings is 2. The van der Waals surface area contributed by atoms with Gasteiger partial charge in [0.05, 0.1) is 28.2 Å². The van der Waals surface area contributed by atoms with Gasteiger partial charge in [-0.25, -0.2) is 4.90 Å². The lowest BCUT2D eigenvalue weighted by Crippen LogP contribution is -2.39. The lowest BCUT2D eigenvalue weighted by molar-refractivity contribution is -0.123. The van der Waals surface area contributed by atoms with Gasteiger partial charge in [-0.1, -0.05) is 29.3 Å². The van der Waals surface area contributed by atoms with Crippen LogP contribution in [0.15, 0.2) is 64.8 Å². The number of halogens is 2. The zero-order chi connectivity index (χ0) is 28.6. The van der Waals surface area contributed by atoms with Gasteiger partial charge < -0.3 is 9.84 Å². The van der Waals surface area contributed by atoms with Gasteiger partial charge in [-0.15, -0.1) is 0 Å². The highest BCUT2D eigenvalue weighted by atomic mass is 127. The van der Waals surface area contributed by atoms with Crippen LogP contribution < -0.4 is 9.64 Å². The van der Waals surface area contributed by atoms with E-state index in [4.69, 9.17) is 16.3 Å². The molecule has 40 heavy (non-hydrogen) atoms. The number of carbonyl (C=O) groups excluding carboxylic acids is 4. The molecule has 1 saturated heterocycles. The molecule has 204 valence electrons. The summed E-state index contributed by atoms with van der Waals surface area (Å²) in [5.41, 5.74) is 3.91. The highest BCUT2D eigenvalue weighted by Gasteiger charge is 2.56. The second kappa shape index (κ2) is 9.69. The third kappa shape index (κ3) is 3.90. The number of rotatable bonds is 3. The van der Waals surface area contributed by atoms with Crippen molar-refractivity contribution in [1.29, 1.82) is 0 Å². The van der Waals surface area contributed by atoms with Crippen LogP contribution in [0.2, 0.25) is 5.02 Å². The van der Waals surface area contributed by atoms with Crippen LogP contribution in [0.3, 0.4) is 0 Å². The molecule has 1 fully saturated rings. The molecule has 6 rings (SSSR count). The van der Waals surface area contributed by atoms with E-state index < -0.39 is 23.7 Å². The fourth-order valence-electron chi connectivity index (χ4n) is 6.63. The Morgan fingerprint density at radius 2 is 1.80 bits per heavy atom. The summed E-state index contributed by atoms with van der Waals surface area (Å²) in [6.07, 6.45) is 3.85. The fraction of sp³-hybridized carbons (Fsp3) is 0.290. The highest BCUT2D eigenvalue weighted by molar-refractivity contribution is 14.1. The number of anilines is 1. The molecule has 3 aliphatic carbocycles. The van der Waals surface area contributed by atoms with Crippen molar-refractivity contribution >= 4 is 63.3 Å². The second-order valence-corrected chi connectivity index (χ2v) is 12.3. The average molecular weight is 670 g/mol. The number of amides is 2. The number of carbonyl (C=O) groups is 4. The Balaban J connectivity index is 1.50. The minimum atomic E-state index is -0.683. The number of nitrogens with zero attached hydrogens (tertiary/aromatic N) is 1. The van der Waals surface area contributed by atoms with Gasteiger partial charge in [0.15, 0.2) is 23.1 Å². The van der Waals surface area contributed by atoms with Crippen LogP contribution in [-0.4, -0.2) is 35.6 Å². The molecular formula is C31H25ClINO6. The first-order valence-corrected chi connectivity index (χ1v) is 14.4. The molecule has 1 heterocycles. The van der Waals surface area contributed by atoms with Crippen LogP contribution >= 0.6 is 34.2 Å². The Morgan fingerprint density at radius 1 is 1.05 bits per heavy atom. The number of hydrogen-bond acceptors (Lipinski definition) is 6. The number of fused-ring (bicyclic) bond motifs is 3. The van der Waals surface area contributed by atoms with E-state index in [-0.39, 0.29) is 41.3 Å². The van der Waals surface area contributed by atoms with Gasteiger partial charge in [0.1, 0.15) is 0 Å². The first kappa shape index (κ1) is 27.0. The van der Waals surface area contributed by atoms with E-state index in [0.717, 1.165) is 11.1 Å². The summed E-state index contributed by atoms with van der Waals surface area (Å²) >= 11 is 8.34. The maximum atomic E-state index is 14.0. The molecule has 0 spiro atoms. The second-order valence-electron chi connectivity index (χ2n) is 10.7. The van der Waals surface area contributed by atoms with Crippen LogP contribution in [0, 0.1) is 28.2 Å². The monoisotopic (exact) mass is 669 g/mol. The number of methoxy groups -OCH3 is 1. The molecule has 0 bridgehead atoms. The van der Waals surface area contributed by atoms with Crippen LogP contribution in [0.5, 0.6) is 11.5 Å². The molecule has 1 aliphatic heterocycles. The van der Waals surface area contributed by atoms with Gasteiger partial charge in [-0.2, -0.15) is 0 Å². The van der Waals surface area contributed by atoms with Crippen molar-refractivity contribution in [1.82, 2.24) is 0 Å². The van der Waals surface area contributed by atoms with Crippen LogP contribution in [0.25, 0.3) is 0 Å². The molecule has 1 N–H and O–H groups in total. The van der Waals surface area contributed by atoms with E-state index in [1.54, 1.807) is 37.3 Å². The molecule has 4 aliphatic rings. The number of hydrogen-bond donors (Lipinski definition) is 1. The Hall–Kier alpha value is -3.24. The van der Waals surface area contributed by atoms with Gasteiger partial charge >= 0.3 is 0 Å². The highest BCUT2D eigenvalue weighted by Crippen LogP contribution is 2.56. The van der Waals surface area contributed by atoms with Crippen molar-refractivity contribution in [2.24, 2.45) is 17.8 Å². The Morgan fingerprint density at radius 3 is 2.50 bits per heavy atom. The maximum absolute atomic E-state index is 14.0. The number of phenols is 1. The van der Waals surface area contributed by atoms with Gasteiger partial charge in [0.25, 0.3) is 0 Å². The summed E-state index contributed by atoms with van der Waals surface area (Å²) < 4.78 is 5.94. The van der Waals surface area contributed by atoms with E-state index in [2.05, 4.69) is 0 Å². The minimum absolute atomic E-state index is 0.0165. The van der Waals surface area contributed by atoms with Gasteiger partial charge in [-0.3, -0.25) is 19.2 Å². The molecule has 4 unspecified atom stereocenters. The molecule has 4 atom stereocenters. The molecule has 2 amide bonds. The smallest absolute Gasteiger partial charge is 0.238 e. The summed E-state index contributed by atoms with van der Waals surface area (Å²) in [7, 11) is 1.45. The van der Waals surface area contributed by atoms with Crippen LogP contribution in [0.4, 0.5) is 5.69 Å². The van der Waals surface area contributed by atoms with Crippen molar-refractivity contribution in [3.05, 3.63) is 84.5 Å². The lowest BCUT2D eigenvalue weighted by atomic mass is 9.59. The summed E-state index contributed by atoms with van der Waals surface area (Å²) in [6, 6.07) is 8.57. The number of Topliss-reactive ketones (excluding diaryl/α,β-unsaturated/α-hetero) is 1. The summed E-state index contributed by atoms with van der Waals surface area (Å²) in [4.78, 5) is 55.8. The van der Waals surface area contributed by atoms with Crippen molar-refractivity contribution in [3.8, 4) is 11.5 Å². The van der Waals surface area contributed by atoms with Crippen LogP contribution in [0.1, 0.15) is 36.8 Å². The quantitative estimate of drug-likeness (QED) is 0.198. The Labute approximate surface area is 249 Å². The predicted octanol–water partition coefficient (Wildman–Crippen LogP) is 5.60. The molecule has 7 nitrogen and oxygen atoms in total. The Kier molecular flexibility index (Phi) is 6.53. The molecule has 0 saturated carbocycles. The molecule has 2 aromatic rings. The largest absolute Gasteiger partial charge is 0.504 e. The number of imide groups is 1. The number of ether oxygens (including phenoxy) is 1. The average Bonchev–Trinajstić information content (AvgIpc) is 3.19. The predicted molar refractivity (Wildman–Crippen MR) is 157 cm³/mol. The fourth-order valence-corrected chi connectivity index (χ4v) is 7.43. The Bertz CT molecular complexity index is 1650. The van der Waals surface area contributed by atoms with Gasteiger partial charge in [0.2, 0.25) is 11.8 Å². The molecule has 9 heteroatoms. The first-order chi connectivity index (χ1) is 19.0. The molecule has 0 radical (unpaired) electrons. The normalized spacial score (nSPS) is 25.9. The van der Waals surface area contributed by atoms with E-state index in [0.29, 0.717) is 43.0 Å². The third-order valence-corrected chi connectivity index (χ3v) is 9.81. The van der Waals surface area contributed by atoms with E-state index in [1.165, 1.54) is 18.1 Å². The SMILES string of the molecule is COc1cc(C2C3=CCC4C(=O)N(c5ccc(C)c(Cl)c5)C(=O)C4C3CC3=C2C(=O)C(C)=CC3=O)cc(I)c1O. The molecule has 2 aromatic carbocycles. The number of allylic oxidation sites excluding steroid dienone is 6. The summed E-state index contributed by atoms with van der Waals surface area (Å²) in [5.74, 6) is -3.19. The molecule has 0 aromatic heterocycles. The van der Waals surface area contributed by atoms with Gasteiger partial charge in [0, 0.05) is 27.7 Å². The number of phenolic OH excluding ortho intramolecular Hbond substituents is 1. The van der Waals surface area contributed by atoms with Crippen molar-refractivity contribution < 1.29 is 29.0 Å². The van der Waals surface area contributed by atoms with E-state index in [1.807, 2.05) is 35.6 Å². The number of aryl methyl sites for hydroxylation is 1. The molecular weight excluding hydrogens is 645 g/mol. The zero-order valence-electron chi connectivity index (χ0n) is 22.0. The van der Waals surface area contributed by atoms with Crippen molar-refractivity contribution in [2.75, 3.05) is 12.0 Å². The van der Waals surface area contributed by atoms with Crippen molar-refractivity contribution in [3.63, 3.8) is 0 Å². The van der Waals surface area contributed by atoms with E-state index >= 15 is 0 Å². The maximum Gasteiger partial charge on any atom is 0.238 e. The topological polar surface area (TPSA) is 101 Å². The third-order valence-electron chi connectivity index (χ3n) is 8.58. The van der Waals surface area contributed by atoms with Crippen LogP contribution in [-0.2, 0) is 19.2 Å². The van der Waals surface area contributed by atoms with Crippen molar-refractivity contribution in [2.45, 2.75) is 32.6 Å². The zero-order valence-corrected chi connectivity index (χ0v) is 24.9. The van der Waals surface area contributed by atoms with E-state index in [9.17, 15) is 24.3 Å². The number of aromatic hydroxyl groups is 1. The van der Waals surface area contributed by atoms with Gasteiger partial charge in [-0.05, 0) is 96.7 Å². The standard InChI is InChI=1S/C31H25ClINO6/c1-13-4-5-16(11-21(13)32)34-30(38)18-7-6-17-19(26(18)31(34)39)12-20-23(35)8-14(2)28(36)27(20)25(17)15-9-22(33)29(37)24(10-15)40-3/h4-6,8-11,18-19,25-26,37H,7,12H2,1-3H3. The summed E-state index contributed by atoms with van der Waals surface area (Å²) in [5, 5.41) is 11.0. The number of ketones is 2. The minimum Gasteiger partial charge on any atom is -0.504 e. The summed E-state index contributed by atoms with van der Waals surface area (Å²) in [6.45, 7) is 3.48.